The summed E-state index contributed by atoms with van der Waals surface area (Å²) in [7, 11) is 0. The van der Waals surface area contributed by atoms with Crippen molar-refractivity contribution in [3.05, 3.63) is 65.9 Å². The number of fused-ring (bicyclic) bond motifs is 1. The molecule has 0 aliphatic carbocycles. The van der Waals surface area contributed by atoms with E-state index in [1.165, 1.54) is 6.07 Å². The molecule has 1 unspecified atom stereocenters. The fraction of sp³-hybridized carbons (Fsp3) is 0.0625. The van der Waals surface area contributed by atoms with E-state index in [4.69, 9.17) is 0 Å². The van der Waals surface area contributed by atoms with Crippen LogP contribution in [-0.2, 0) is 0 Å². The Morgan fingerprint density at radius 1 is 1.10 bits per heavy atom. The molecule has 20 heavy (non-hydrogen) atoms. The van der Waals surface area contributed by atoms with E-state index in [1.807, 2.05) is 6.07 Å². The minimum absolute atomic E-state index is 0.0951. The van der Waals surface area contributed by atoms with Gasteiger partial charge in [-0.3, -0.25) is 4.79 Å². The molecule has 0 aliphatic rings. The lowest BCUT2D eigenvalue weighted by atomic mass is 9.99. The highest BCUT2D eigenvalue weighted by atomic mass is 16.3. The van der Waals surface area contributed by atoms with Crippen LogP contribution >= 0.6 is 0 Å². The van der Waals surface area contributed by atoms with Gasteiger partial charge in [0.05, 0.1) is 0 Å². The first-order valence-corrected chi connectivity index (χ1v) is 6.24. The summed E-state index contributed by atoms with van der Waals surface area (Å²) < 4.78 is 0. The molecule has 0 saturated carbocycles. The fourth-order valence-corrected chi connectivity index (χ4v) is 2.26. The number of carbonyl (C=O) groups excluding carboxylic acids is 1. The number of rotatable bonds is 3. The summed E-state index contributed by atoms with van der Waals surface area (Å²) in [5.74, 6) is -0.271. The highest BCUT2D eigenvalue weighted by Crippen LogP contribution is 2.29. The first kappa shape index (κ1) is 12.4. The summed E-state index contributed by atoms with van der Waals surface area (Å²) in [6, 6.07) is 13.4. The van der Waals surface area contributed by atoms with Crippen molar-refractivity contribution in [2.75, 3.05) is 0 Å². The number of aromatic amines is 1. The second-order valence-electron chi connectivity index (χ2n) is 4.61. The second kappa shape index (κ2) is 4.83. The average Bonchev–Trinajstić information content (AvgIpc) is 2.89. The number of Topliss-reactive ketones (excluding diaryl/α,β-unsaturated/α-hetero) is 1. The van der Waals surface area contributed by atoms with E-state index in [9.17, 15) is 15.0 Å². The molecular weight excluding hydrogens is 254 g/mol. The van der Waals surface area contributed by atoms with Crippen LogP contribution in [0.15, 0.2) is 54.7 Å². The summed E-state index contributed by atoms with van der Waals surface area (Å²) in [4.78, 5) is 15.2. The normalized spacial score (nSPS) is 12.4. The third-order valence-electron chi connectivity index (χ3n) is 3.30. The number of aromatic hydroxyl groups is 1. The largest absolute Gasteiger partial charge is 0.508 e. The van der Waals surface area contributed by atoms with Crippen molar-refractivity contribution >= 4 is 16.7 Å². The fourth-order valence-electron chi connectivity index (χ4n) is 2.26. The van der Waals surface area contributed by atoms with Gasteiger partial charge in [-0.1, -0.05) is 30.3 Å². The van der Waals surface area contributed by atoms with Crippen LogP contribution in [0, 0.1) is 0 Å². The van der Waals surface area contributed by atoms with Crippen molar-refractivity contribution in [1.29, 1.82) is 0 Å². The molecule has 3 rings (SSSR count). The van der Waals surface area contributed by atoms with Crippen LogP contribution in [0.4, 0.5) is 0 Å². The molecule has 3 N–H and O–H groups in total. The van der Waals surface area contributed by atoms with Gasteiger partial charge >= 0.3 is 0 Å². The number of aliphatic hydroxyl groups is 1. The van der Waals surface area contributed by atoms with Crippen LogP contribution in [0.5, 0.6) is 5.75 Å². The zero-order valence-electron chi connectivity index (χ0n) is 10.6. The highest BCUT2D eigenvalue weighted by Gasteiger charge is 2.22. The molecule has 0 aliphatic heterocycles. The van der Waals surface area contributed by atoms with Crippen molar-refractivity contribution in [2.24, 2.45) is 0 Å². The predicted octanol–water partition coefficient (Wildman–Crippen LogP) is 2.79. The standard InChI is InChI=1S/C16H13NO3/c18-11-6-7-14-12(8-11)13(9-17-14)16(20)15(19)10-4-2-1-3-5-10/h1-9,16-18,20H. The van der Waals surface area contributed by atoms with Crippen molar-refractivity contribution in [3.63, 3.8) is 0 Å². The number of hydrogen-bond donors (Lipinski definition) is 3. The summed E-state index contributed by atoms with van der Waals surface area (Å²) in [5.41, 5.74) is 1.68. The first-order chi connectivity index (χ1) is 9.66. The molecule has 0 bridgehead atoms. The summed E-state index contributed by atoms with van der Waals surface area (Å²) in [5, 5.41) is 20.4. The van der Waals surface area contributed by atoms with Gasteiger partial charge in [-0.25, -0.2) is 0 Å². The van der Waals surface area contributed by atoms with Crippen molar-refractivity contribution in [2.45, 2.75) is 6.10 Å². The molecule has 2 aromatic carbocycles. The van der Waals surface area contributed by atoms with Gasteiger partial charge in [0, 0.05) is 28.2 Å². The number of phenols is 1. The van der Waals surface area contributed by atoms with Gasteiger partial charge in [0.2, 0.25) is 0 Å². The Hall–Kier alpha value is -2.59. The Balaban J connectivity index is 2.02. The number of phenolic OH excluding ortho intramolecular Hbond substituents is 1. The van der Waals surface area contributed by atoms with Gasteiger partial charge in [0.25, 0.3) is 0 Å². The van der Waals surface area contributed by atoms with E-state index in [0.29, 0.717) is 16.5 Å². The van der Waals surface area contributed by atoms with Crippen LogP contribution < -0.4 is 0 Å². The molecular formula is C16H13NO3. The van der Waals surface area contributed by atoms with Gasteiger partial charge in [0.1, 0.15) is 11.9 Å². The minimum atomic E-state index is -1.26. The number of benzene rings is 2. The molecule has 0 amide bonds. The SMILES string of the molecule is O=C(c1ccccc1)C(O)c1c[nH]c2ccc(O)cc12. The molecule has 0 fully saturated rings. The second-order valence-corrected chi connectivity index (χ2v) is 4.61. The average molecular weight is 267 g/mol. The summed E-state index contributed by atoms with van der Waals surface area (Å²) >= 11 is 0. The van der Waals surface area contributed by atoms with Gasteiger partial charge in [0.15, 0.2) is 5.78 Å². The van der Waals surface area contributed by atoms with E-state index < -0.39 is 6.10 Å². The van der Waals surface area contributed by atoms with Crippen molar-refractivity contribution < 1.29 is 15.0 Å². The van der Waals surface area contributed by atoms with Crippen LogP contribution in [0.1, 0.15) is 22.0 Å². The number of aromatic nitrogens is 1. The molecule has 0 spiro atoms. The molecule has 0 radical (unpaired) electrons. The molecule has 1 atom stereocenters. The van der Waals surface area contributed by atoms with E-state index in [1.54, 1.807) is 42.6 Å². The molecule has 1 heterocycles. The number of nitrogens with one attached hydrogen (secondary N) is 1. The maximum atomic E-state index is 12.2. The summed E-state index contributed by atoms with van der Waals surface area (Å²) in [6.07, 6.45) is 0.336. The lowest BCUT2D eigenvalue weighted by molar-refractivity contribution is 0.0750. The van der Waals surface area contributed by atoms with Crippen LogP contribution in [0.25, 0.3) is 10.9 Å². The number of carbonyl (C=O) groups is 1. The van der Waals surface area contributed by atoms with Gasteiger partial charge in [-0.15, -0.1) is 0 Å². The van der Waals surface area contributed by atoms with Gasteiger partial charge in [-0.05, 0) is 18.2 Å². The van der Waals surface area contributed by atoms with Gasteiger partial charge in [-0.2, -0.15) is 0 Å². The molecule has 4 heteroatoms. The van der Waals surface area contributed by atoms with Crippen LogP contribution in [0.2, 0.25) is 0 Å². The number of hydrogen-bond acceptors (Lipinski definition) is 3. The molecule has 100 valence electrons. The maximum absolute atomic E-state index is 12.2. The Bertz CT molecular complexity index is 762. The van der Waals surface area contributed by atoms with E-state index in [-0.39, 0.29) is 11.5 Å². The number of H-pyrrole nitrogens is 1. The molecule has 1 aromatic heterocycles. The maximum Gasteiger partial charge on any atom is 0.195 e. The molecule has 0 saturated heterocycles. The Labute approximate surface area is 115 Å². The van der Waals surface area contributed by atoms with E-state index >= 15 is 0 Å². The Morgan fingerprint density at radius 2 is 1.85 bits per heavy atom. The minimum Gasteiger partial charge on any atom is -0.508 e. The zero-order chi connectivity index (χ0) is 14.1. The van der Waals surface area contributed by atoms with E-state index in [2.05, 4.69) is 4.98 Å². The first-order valence-electron chi connectivity index (χ1n) is 6.24. The van der Waals surface area contributed by atoms with Gasteiger partial charge < -0.3 is 15.2 Å². The topological polar surface area (TPSA) is 73.3 Å². The number of aliphatic hydroxyl groups excluding tert-OH is 1. The third-order valence-corrected chi connectivity index (χ3v) is 3.30. The summed E-state index contributed by atoms with van der Waals surface area (Å²) in [6.45, 7) is 0. The van der Waals surface area contributed by atoms with Crippen molar-refractivity contribution in [3.8, 4) is 5.75 Å². The Kier molecular flexibility index (Phi) is 3.00. The van der Waals surface area contributed by atoms with Crippen LogP contribution in [-0.4, -0.2) is 21.0 Å². The van der Waals surface area contributed by atoms with Crippen molar-refractivity contribution in [1.82, 2.24) is 4.98 Å². The lowest BCUT2D eigenvalue weighted by Crippen LogP contribution is -2.11. The number of ketones is 1. The lowest BCUT2D eigenvalue weighted by Gasteiger charge is -2.09. The zero-order valence-corrected chi connectivity index (χ0v) is 10.6. The smallest absolute Gasteiger partial charge is 0.195 e. The highest BCUT2D eigenvalue weighted by molar-refractivity contribution is 6.02. The Morgan fingerprint density at radius 3 is 2.60 bits per heavy atom. The third kappa shape index (κ3) is 2.06. The quantitative estimate of drug-likeness (QED) is 0.639. The van der Waals surface area contributed by atoms with E-state index in [0.717, 1.165) is 5.52 Å². The molecule has 4 nitrogen and oxygen atoms in total. The molecule has 3 aromatic rings. The predicted molar refractivity (Wildman–Crippen MR) is 75.7 cm³/mol. The monoisotopic (exact) mass is 267 g/mol. The van der Waals surface area contributed by atoms with Crippen LogP contribution in [0.3, 0.4) is 0 Å².